The first-order valence-electron chi connectivity index (χ1n) is 10.6. The van der Waals surface area contributed by atoms with E-state index in [-0.39, 0.29) is 24.0 Å². The van der Waals surface area contributed by atoms with Gasteiger partial charge in [0.2, 0.25) is 0 Å². The normalized spacial score (nSPS) is 16.3. The van der Waals surface area contributed by atoms with Gasteiger partial charge in [0.1, 0.15) is 5.75 Å². The number of aliphatic imine (C=N–C) groups is 1. The van der Waals surface area contributed by atoms with Crippen molar-refractivity contribution in [3.63, 3.8) is 0 Å². The van der Waals surface area contributed by atoms with Crippen LogP contribution in [0, 0.1) is 5.92 Å². The molecule has 8 heteroatoms. The number of guanidine groups is 1. The number of benzene rings is 1. The summed E-state index contributed by atoms with van der Waals surface area (Å²) in [5.74, 6) is 2.40. The largest absolute Gasteiger partial charge is 0.495 e. The molecule has 0 bridgehead atoms. The Morgan fingerprint density at radius 3 is 2.87 bits per heavy atom. The van der Waals surface area contributed by atoms with Gasteiger partial charge in [0, 0.05) is 50.2 Å². The van der Waals surface area contributed by atoms with Crippen molar-refractivity contribution < 1.29 is 4.74 Å². The number of aryl methyl sites for hydroxylation is 1. The number of rotatable bonds is 9. The Hall–Kier alpha value is -1.55. The zero-order valence-corrected chi connectivity index (χ0v) is 21.3. The molecule has 166 valence electrons. The van der Waals surface area contributed by atoms with Crippen molar-refractivity contribution in [3.8, 4) is 5.75 Å². The molecule has 1 atom stereocenters. The number of nitrogens with one attached hydrogen (secondary N) is 2. The van der Waals surface area contributed by atoms with Gasteiger partial charge in [-0.1, -0.05) is 19.1 Å². The molecule has 0 spiro atoms. The number of hydrogen-bond donors (Lipinski definition) is 2. The van der Waals surface area contributed by atoms with E-state index in [0.29, 0.717) is 5.92 Å². The van der Waals surface area contributed by atoms with Crippen molar-refractivity contribution in [2.75, 3.05) is 44.7 Å². The van der Waals surface area contributed by atoms with Crippen LogP contribution in [-0.2, 0) is 12.8 Å². The molecule has 1 aromatic carbocycles. The van der Waals surface area contributed by atoms with E-state index >= 15 is 0 Å². The minimum Gasteiger partial charge on any atom is -0.495 e. The van der Waals surface area contributed by atoms with Crippen molar-refractivity contribution in [2.45, 2.75) is 33.1 Å². The highest BCUT2D eigenvalue weighted by Crippen LogP contribution is 2.31. The van der Waals surface area contributed by atoms with Crippen LogP contribution in [0.2, 0.25) is 0 Å². The van der Waals surface area contributed by atoms with Gasteiger partial charge in [-0.3, -0.25) is 4.99 Å². The molecule has 0 aliphatic carbocycles. The highest BCUT2D eigenvalue weighted by molar-refractivity contribution is 14.0. The maximum atomic E-state index is 5.52. The second-order valence-electron chi connectivity index (χ2n) is 7.24. The van der Waals surface area contributed by atoms with Crippen LogP contribution in [0.1, 0.15) is 30.2 Å². The lowest BCUT2D eigenvalue weighted by atomic mass is 10.1. The number of methoxy groups -OCH3 is 1. The van der Waals surface area contributed by atoms with E-state index in [9.17, 15) is 0 Å². The summed E-state index contributed by atoms with van der Waals surface area (Å²) in [6.07, 6.45) is 5.13. The van der Waals surface area contributed by atoms with E-state index in [2.05, 4.69) is 46.5 Å². The van der Waals surface area contributed by atoms with Crippen molar-refractivity contribution in [3.05, 3.63) is 40.3 Å². The van der Waals surface area contributed by atoms with E-state index in [1.807, 2.05) is 18.3 Å². The Balaban J connectivity index is 0.00000320. The number of nitrogens with zero attached hydrogens (tertiary/aromatic N) is 3. The summed E-state index contributed by atoms with van der Waals surface area (Å²) in [4.78, 5) is 13.1. The molecule has 1 aromatic heterocycles. The Morgan fingerprint density at radius 1 is 1.30 bits per heavy atom. The first kappa shape index (κ1) is 24.7. The fourth-order valence-electron chi connectivity index (χ4n) is 3.57. The first-order valence-corrected chi connectivity index (χ1v) is 11.4. The Labute approximate surface area is 201 Å². The van der Waals surface area contributed by atoms with Crippen LogP contribution in [0.15, 0.2) is 35.5 Å². The van der Waals surface area contributed by atoms with Crippen LogP contribution in [0.25, 0.3) is 0 Å². The van der Waals surface area contributed by atoms with Gasteiger partial charge >= 0.3 is 0 Å². The Morgan fingerprint density at radius 2 is 2.13 bits per heavy atom. The van der Waals surface area contributed by atoms with Crippen molar-refractivity contribution in [1.82, 2.24) is 15.6 Å². The number of halogens is 1. The molecule has 3 rings (SSSR count). The fraction of sp³-hybridized carbons (Fsp3) is 0.545. The third kappa shape index (κ3) is 7.01. The molecule has 0 amide bonds. The third-order valence-electron chi connectivity index (χ3n) is 5.14. The van der Waals surface area contributed by atoms with Crippen LogP contribution >= 0.6 is 35.3 Å². The highest BCUT2D eigenvalue weighted by atomic mass is 127. The Kier molecular flexibility index (Phi) is 10.7. The summed E-state index contributed by atoms with van der Waals surface area (Å²) < 4.78 is 5.52. The molecular weight excluding hydrogens is 509 g/mol. The maximum absolute atomic E-state index is 5.52. The first-order chi connectivity index (χ1) is 14.2. The highest BCUT2D eigenvalue weighted by Gasteiger charge is 2.24. The molecule has 1 fully saturated rings. The summed E-state index contributed by atoms with van der Waals surface area (Å²) in [5.41, 5.74) is 1.18. The minimum atomic E-state index is 0. The Bertz CT molecular complexity index is 797. The number of anilines is 1. The average Bonchev–Trinajstić information content (AvgIpc) is 3.41. The molecule has 0 saturated carbocycles. The van der Waals surface area contributed by atoms with Crippen LogP contribution in [0.4, 0.5) is 5.69 Å². The molecule has 1 aliphatic rings. The predicted molar refractivity (Wildman–Crippen MR) is 138 cm³/mol. The topological polar surface area (TPSA) is 61.8 Å². The molecular formula is C22H34IN5OS. The molecule has 30 heavy (non-hydrogen) atoms. The molecule has 2 aromatic rings. The summed E-state index contributed by atoms with van der Waals surface area (Å²) >= 11 is 1.81. The molecule has 2 N–H and O–H groups in total. The van der Waals surface area contributed by atoms with E-state index < -0.39 is 0 Å². The molecule has 0 radical (unpaired) electrons. The van der Waals surface area contributed by atoms with Crippen molar-refractivity contribution in [2.24, 2.45) is 10.9 Å². The summed E-state index contributed by atoms with van der Waals surface area (Å²) in [5, 5.41) is 8.00. The summed E-state index contributed by atoms with van der Waals surface area (Å²) in [6, 6.07) is 8.25. The second kappa shape index (κ2) is 13.0. The molecule has 1 aliphatic heterocycles. The van der Waals surface area contributed by atoms with Gasteiger partial charge in [0.15, 0.2) is 5.96 Å². The number of thiazole rings is 1. The number of para-hydroxylation sites is 2. The van der Waals surface area contributed by atoms with Gasteiger partial charge in [-0.15, -0.1) is 35.3 Å². The van der Waals surface area contributed by atoms with Gasteiger partial charge in [-0.25, -0.2) is 4.98 Å². The van der Waals surface area contributed by atoms with Gasteiger partial charge in [0.05, 0.1) is 17.8 Å². The summed E-state index contributed by atoms with van der Waals surface area (Å²) in [6.45, 7) is 8.88. The molecule has 2 heterocycles. The predicted octanol–water partition coefficient (Wildman–Crippen LogP) is 3.96. The minimum absolute atomic E-state index is 0. The van der Waals surface area contributed by atoms with E-state index in [1.54, 1.807) is 18.4 Å². The van der Waals surface area contributed by atoms with Gasteiger partial charge in [0.25, 0.3) is 0 Å². The van der Waals surface area contributed by atoms with Crippen LogP contribution in [-0.4, -0.2) is 50.8 Å². The third-order valence-corrected chi connectivity index (χ3v) is 6.35. The van der Waals surface area contributed by atoms with Crippen LogP contribution < -0.4 is 20.3 Å². The average molecular weight is 544 g/mol. The van der Waals surface area contributed by atoms with Crippen LogP contribution in [0.5, 0.6) is 5.75 Å². The molecule has 6 nitrogen and oxygen atoms in total. The van der Waals surface area contributed by atoms with Gasteiger partial charge in [-0.05, 0) is 37.8 Å². The van der Waals surface area contributed by atoms with E-state index in [4.69, 9.17) is 9.73 Å². The lowest BCUT2D eigenvalue weighted by molar-refractivity contribution is 0.414. The quantitative estimate of drug-likeness (QED) is 0.285. The fourth-order valence-corrected chi connectivity index (χ4v) is 4.43. The van der Waals surface area contributed by atoms with E-state index in [0.717, 1.165) is 63.7 Å². The smallest absolute Gasteiger partial charge is 0.191 e. The molecule has 1 saturated heterocycles. The number of ether oxygens (including phenoxy) is 1. The zero-order chi connectivity index (χ0) is 20.5. The van der Waals surface area contributed by atoms with Crippen LogP contribution in [0.3, 0.4) is 0 Å². The van der Waals surface area contributed by atoms with Gasteiger partial charge in [-0.2, -0.15) is 0 Å². The lowest BCUT2D eigenvalue weighted by Crippen LogP contribution is -2.38. The standard InChI is InChI=1S/C22H33N5OS.HI/c1-4-18-15-25-21(29-18)10-12-24-22(23-5-2)26-14-17-11-13-27(16-17)19-8-6-7-9-20(19)28-3;/h6-9,15,17H,4-5,10-14,16H2,1-3H3,(H2,23,24,26);1H. The van der Waals surface area contributed by atoms with Gasteiger partial charge < -0.3 is 20.3 Å². The maximum Gasteiger partial charge on any atom is 0.191 e. The summed E-state index contributed by atoms with van der Waals surface area (Å²) in [7, 11) is 1.74. The second-order valence-corrected chi connectivity index (χ2v) is 8.44. The SMILES string of the molecule is CCNC(=NCC1CCN(c2ccccc2OC)C1)NCCc1ncc(CC)s1.I. The van der Waals surface area contributed by atoms with E-state index in [1.165, 1.54) is 15.6 Å². The lowest BCUT2D eigenvalue weighted by Gasteiger charge is -2.21. The monoisotopic (exact) mass is 543 g/mol. The molecule has 1 unspecified atom stereocenters. The van der Waals surface area contributed by atoms with Crippen molar-refractivity contribution >= 4 is 47.0 Å². The van der Waals surface area contributed by atoms with Crippen molar-refractivity contribution in [1.29, 1.82) is 0 Å². The number of aromatic nitrogens is 1. The number of hydrogen-bond acceptors (Lipinski definition) is 5. The zero-order valence-electron chi connectivity index (χ0n) is 18.2.